The molecule has 0 aliphatic carbocycles. The fraction of sp³-hybridized carbons (Fsp3) is 0.667. The normalized spacial score (nSPS) is 12.4. The summed E-state index contributed by atoms with van der Waals surface area (Å²) in [6.45, 7) is -0.260. The average Bonchev–Trinajstić information content (AvgIpc) is 2.01. The van der Waals surface area contributed by atoms with Crippen molar-refractivity contribution in [2.75, 3.05) is 12.4 Å². The van der Waals surface area contributed by atoms with Crippen LogP contribution in [-0.4, -0.2) is 38.7 Å². The van der Waals surface area contributed by atoms with Gasteiger partial charge in [0.2, 0.25) is 5.91 Å². The van der Waals surface area contributed by atoms with Crippen molar-refractivity contribution in [1.82, 2.24) is 0 Å². The molecule has 1 atom stereocenters. The number of amides is 1. The smallest absolute Gasteiger partial charge is 0.323 e. The molecule has 0 unspecified atom stereocenters. The Hall–Kier alpha value is -1.15. The third kappa shape index (κ3) is 6.38. The van der Waals surface area contributed by atoms with Gasteiger partial charge in [0.15, 0.2) is 0 Å². The first-order chi connectivity index (χ1) is 6.43. The third-order valence-electron chi connectivity index (χ3n) is 1.24. The molecule has 82 valence electrons. The third-order valence-corrected chi connectivity index (χ3v) is 1.79. The Kier molecular flexibility index (Phi) is 5.81. The molecule has 7 nitrogen and oxygen atoms in total. The van der Waals surface area contributed by atoms with Crippen molar-refractivity contribution in [3.05, 3.63) is 0 Å². The van der Waals surface area contributed by atoms with Crippen molar-refractivity contribution in [2.24, 2.45) is 11.5 Å². The molecule has 0 saturated heterocycles. The molecule has 0 bridgehead atoms. The summed E-state index contributed by atoms with van der Waals surface area (Å²) >= 11 is 0. The zero-order valence-electron chi connectivity index (χ0n) is 7.34. The van der Waals surface area contributed by atoms with Crippen molar-refractivity contribution >= 4 is 22.6 Å². The monoisotopic (exact) mass is 224 g/mol. The number of ether oxygens (including phenoxy) is 1. The number of carbonyl (C=O) groups is 2. The standard InChI is InChI=1S/C6H12N2O5S/c7-4(3-5(8)9)6(10)13-1-2-14(11)12/h4,14H,1-3,7H2,(H2,8,9)/t4-/m0/s1. The molecule has 1 amide bonds. The Labute approximate surface area is 82.3 Å². The minimum Gasteiger partial charge on any atom is -0.463 e. The molecule has 0 fully saturated rings. The van der Waals surface area contributed by atoms with Crippen LogP contribution in [0, 0.1) is 0 Å². The molecule has 0 aromatic rings. The summed E-state index contributed by atoms with van der Waals surface area (Å²) in [5.74, 6) is -1.81. The zero-order chi connectivity index (χ0) is 11.1. The summed E-state index contributed by atoms with van der Waals surface area (Å²) in [6.07, 6.45) is -0.317. The van der Waals surface area contributed by atoms with Gasteiger partial charge in [0.25, 0.3) is 0 Å². The number of hydrogen-bond donors (Lipinski definition) is 3. The van der Waals surface area contributed by atoms with Gasteiger partial charge in [-0.15, -0.1) is 0 Å². The van der Waals surface area contributed by atoms with E-state index in [1.54, 1.807) is 0 Å². The molecule has 0 rings (SSSR count). The Balaban J connectivity index is 3.78. The van der Waals surface area contributed by atoms with E-state index in [4.69, 9.17) is 11.5 Å². The first kappa shape index (κ1) is 12.8. The molecule has 0 aromatic heterocycles. The molecule has 0 spiro atoms. The zero-order valence-corrected chi connectivity index (χ0v) is 8.24. The van der Waals surface area contributed by atoms with Gasteiger partial charge in [0.1, 0.15) is 23.4 Å². The van der Waals surface area contributed by atoms with Gasteiger partial charge in [-0.2, -0.15) is 0 Å². The minimum absolute atomic E-state index is 0.260. The number of primary amides is 1. The summed E-state index contributed by atoms with van der Waals surface area (Å²) in [4.78, 5) is 21.2. The molecule has 4 N–H and O–H groups in total. The quantitative estimate of drug-likeness (QED) is 0.333. The lowest BCUT2D eigenvalue weighted by Gasteiger charge is -2.07. The maximum absolute atomic E-state index is 10.9. The van der Waals surface area contributed by atoms with Gasteiger partial charge in [0, 0.05) is 0 Å². The van der Waals surface area contributed by atoms with Gasteiger partial charge in [-0.05, 0) is 0 Å². The molecule has 0 aromatic carbocycles. The van der Waals surface area contributed by atoms with Crippen LogP contribution in [0.15, 0.2) is 0 Å². The van der Waals surface area contributed by atoms with Crippen LogP contribution in [0.5, 0.6) is 0 Å². The van der Waals surface area contributed by atoms with Crippen LogP contribution in [0.1, 0.15) is 6.42 Å². The molecule has 0 radical (unpaired) electrons. The summed E-state index contributed by atoms with van der Waals surface area (Å²) < 4.78 is 24.6. The highest BCUT2D eigenvalue weighted by molar-refractivity contribution is 7.72. The number of carbonyl (C=O) groups excluding carboxylic acids is 2. The van der Waals surface area contributed by atoms with E-state index >= 15 is 0 Å². The SMILES string of the molecule is NC(=O)C[C@H](N)C(=O)OCC[SH](=O)=O. The summed E-state index contributed by atoms with van der Waals surface area (Å²) in [7, 11) is -2.58. The first-order valence-corrected chi connectivity index (χ1v) is 5.12. The van der Waals surface area contributed by atoms with E-state index in [9.17, 15) is 18.0 Å². The second-order valence-electron chi connectivity index (χ2n) is 2.50. The highest BCUT2D eigenvalue weighted by Crippen LogP contribution is 1.91. The van der Waals surface area contributed by atoms with Crippen LogP contribution in [0.3, 0.4) is 0 Å². The maximum atomic E-state index is 10.9. The summed E-state index contributed by atoms with van der Waals surface area (Å²) in [6, 6.07) is -1.13. The first-order valence-electron chi connectivity index (χ1n) is 3.75. The molecule has 0 saturated carbocycles. The van der Waals surface area contributed by atoms with Crippen molar-refractivity contribution in [3.8, 4) is 0 Å². The number of hydrogen-bond acceptors (Lipinski definition) is 6. The minimum atomic E-state index is -2.58. The lowest BCUT2D eigenvalue weighted by atomic mass is 10.2. The number of thiol groups is 1. The van der Waals surface area contributed by atoms with E-state index in [0.29, 0.717) is 0 Å². The van der Waals surface area contributed by atoms with Gasteiger partial charge < -0.3 is 16.2 Å². The summed E-state index contributed by atoms with van der Waals surface area (Å²) in [5.41, 5.74) is 9.99. The Morgan fingerprint density at radius 1 is 1.36 bits per heavy atom. The predicted octanol–water partition coefficient (Wildman–Crippen LogP) is -2.66. The van der Waals surface area contributed by atoms with Crippen LogP contribution in [0.25, 0.3) is 0 Å². The largest absolute Gasteiger partial charge is 0.463 e. The predicted molar refractivity (Wildman–Crippen MR) is 47.9 cm³/mol. The molecule has 8 heteroatoms. The van der Waals surface area contributed by atoms with Crippen molar-refractivity contribution in [3.63, 3.8) is 0 Å². The van der Waals surface area contributed by atoms with Gasteiger partial charge in [-0.25, -0.2) is 8.42 Å². The molecular formula is C6H12N2O5S. The topological polar surface area (TPSA) is 130 Å². The number of nitrogens with two attached hydrogens (primary N) is 2. The van der Waals surface area contributed by atoms with Crippen LogP contribution >= 0.6 is 0 Å². The lowest BCUT2D eigenvalue weighted by Crippen LogP contribution is -2.36. The Morgan fingerprint density at radius 2 is 1.93 bits per heavy atom. The maximum Gasteiger partial charge on any atom is 0.323 e. The second kappa shape index (κ2) is 6.33. The van der Waals surface area contributed by atoms with Crippen LogP contribution < -0.4 is 11.5 Å². The summed E-state index contributed by atoms with van der Waals surface area (Å²) in [5, 5.41) is 0. The highest BCUT2D eigenvalue weighted by atomic mass is 32.2. The second-order valence-corrected chi connectivity index (χ2v) is 3.61. The van der Waals surface area contributed by atoms with E-state index in [-0.39, 0.29) is 18.8 Å². The van der Waals surface area contributed by atoms with E-state index in [1.165, 1.54) is 0 Å². The lowest BCUT2D eigenvalue weighted by molar-refractivity contribution is -0.145. The highest BCUT2D eigenvalue weighted by Gasteiger charge is 2.17. The van der Waals surface area contributed by atoms with Gasteiger partial charge in [-0.1, -0.05) is 0 Å². The van der Waals surface area contributed by atoms with Gasteiger partial charge in [0.05, 0.1) is 12.2 Å². The molecule has 0 heterocycles. The molecule has 0 aliphatic heterocycles. The molecule has 0 aliphatic rings. The van der Waals surface area contributed by atoms with Crippen LogP contribution in [0.2, 0.25) is 0 Å². The fourth-order valence-corrected chi connectivity index (χ4v) is 0.868. The van der Waals surface area contributed by atoms with E-state index in [0.717, 1.165) is 0 Å². The average molecular weight is 224 g/mol. The van der Waals surface area contributed by atoms with E-state index in [1.807, 2.05) is 0 Å². The van der Waals surface area contributed by atoms with E-state index < -0.39 is 28.6 Å². The van der Waals surface area contributed by atoms with Crippen LogP contribution in [-0.2, 0) is 25.0 Å². The fourth-order valence-electron chi connectivity index (χ4n) is 0.628. The van der Waals surface area contributed by atoms with E-state index in [2.05, 4.69) is 4.74 Å². The van der Waals surface area contributed by atoms with Gasteiger partial charge in [-0.3, -0.25) is 9.59 Å². The van der Waals surface area contributed by atoms with Crippen molar-refractivity contribution in [1.29, 1.82) is 0 Å². The Morgan fingerprint density at radius 3 is 2.36 bits per heavy atom. The number of esters is 1. The van der Waals surface area contributed by atoms with Crippen LogP contribution in [0.4, 0.5) is 0 Å². The van der Waals surface area contributed by atoms with Crippen molar-refractivity contribution < 1.29 is 22.7 Å². The number of rotatable bonds is 6. The van der Waals surface area contributed by atoms with Crippen molar-refractivity contribution in [2.45, 2.75) is 12.5 Å². The molecular weight excluding hydrogens is 212 g/mol. The Bertz CT molecular complexity index is 280. The molecule has 14 heavy (non-hydrogen) atoms. The van der Waals surface area contributed by atoms with Gasteiger partial charge >= 0.3 is 5.97 Å².